The van der Waals surface area contributed by atoms with Crippen molar-refractivity contribution in [1.29, 1.82) is 0 Å². The van der Waals surface area contributed by atoms with Gasteiger partial charge in [0.1, 0.15) is 18.6 Å². The molecule has 1 fully saturated rings. The molecule has 0 unspecified atom stereocenters. The van der Waals surface area contributed by atoms with Crippen LogP contribution in [0.15, 0.2) is 36.8 Å². The number of benzene rings is 1. The highest BCUT2D eigenvalue weighted by atomic mass is 16.5. The van der Waals surface area contributed by atoms with Gasteiger partial charge < -0.3 is 15.0 Å². The summed E-state index contributed by atoms with van der Waals surface area (Å²) in [5.74, 6) is 0.414. The number of hydrogen-bond acceptors (Lipinski definition) is 7. The molecule has 1 aromatic heterocycles. The summed E-state index contributed by atoms with van der Waals surface area (Å²) in [5.41, 5.74) is 5.84. The molecule has 0 radical (unpaired) electrons. The smallest absolute Gasteiger partial charge is 0.258 e. The fraction of sp³-hybridized carbons (Fsp3) is 0.312. The molecule has 4 rings (SSSR count). The minimum atomic E-state index is -0.161. The van der Waals surface area contributed by atoms with Crippen molar-refractivity contribution in [3.05, 3.63) is 42.4 Å². The Labute approximate surface area is 139 Å². The zero-order chi connectivity index (χ0) is 16.4. The highest BCUT2D eigenvalue weighted by Gasteiger charge is 2.24. The fourth-order valence-electron chi connectivity index (χ4n) is 2.84. The number of amides is 1. The Morgan fingerprint density at radius 3 is 2.75 bits per heavy atom. The molecule has 8 heteroatoms. The number of hydrogen-bond donors (Lipinski definition) is 2. The van der Waals surface area contributed by atoms with Gasteiger partial charge in [-0.25, -0.2) is 15.0 Å². The van der Waals surface area contributed by atoms with Gasteiger partial charge in [0, 0.05) is 25.0 Å². The lowest BCUT2D eigenvalue weighted by Gasteiger charge is -2.31. The molecule has 0 aliphatic carbocycles. The van der Waals surface area contributed by atoms with E-state index in [0.29, 0.717) is 18.1 Å². The van der Waals surface area contributed by atoms with E-state index in [4.69, 9.17) is 4.74 Å². The molecule has 2 N–H and O–H groups in total. The average Bonchev–Trinajstić information content (AvgIpc) is 2.66. The largest absolute Gasteiger partial charge is 0.378 e. The van der Waals surface area contributed by atoms with Crippen molar-refractivity contribution in [2.75, 3.05) is 48.3 Å². The van der Waals surface area contributed by atoms with E-state index >= 15 is 0 Å². The number of ether oxygens (including phenoxy) is 1. The maximum Gasteiger partial charge on any atom is 0.258 e. The first-order valence-corrected chi connectivity index (χ1v) is 7.86. The third-order valence-electron chi connectivity index (χ3n) is 4.10. The first kappa shape index (κ1) is 14.7. The molecule has 0 spiro atoms. The monoisotopic (exact) mass is 326 g/mol. The molecule has 24 heavy (non-hydrogen) atoms. The van der Waals surface area contributed by atoms with Gasteiger partial charge in [0.25, 0.3) is 5.91 Å². The van der Waals surface area contributed by atoms with Crippen molar-refractivity contribution in [3.63, 3.8) is 0 Å². The summed E-state index contributed by atoms with van der Waals surface area (Å²) in [7, 11) is 0. The number of carbonyl (C=O) groups is 1. The van der Waals surface area contributed by atoms with Gasteiger partial charge in [-0.15, -0.1) is 0 Å². The first-order valence-electron chi connectivity index (χ1n) is 7.86. The topological polar surface area (TPSA) is 82.6 Å². The second-order valence-corrected chi connectivity index (χ2v) is 5.61. The molecule has 1 saturated heterocycles. The molecule has 1 aromatic carbocycles. The molecule has 0 saturated carbocycles. The second-order valence-electron chi connectivity index (χ2n) is 5.61. The summed E-state index contributed by atoms with van der Waals surface area (Å²) >= 11 is 0. The maximum absolute atomic E-state index is 11.8. The predicted octanol–water partition coefficient (Wildman–Crippen LogP) is 0.848. The van der Waals surface area contributed by atoms with Crippen LogP contribution in [0, 0.1) is 0 Å². The first-order chi connectivity index (χ1) is 11.8. The molecule has 3 heterocycles. The van der Waals surface area contributed by atoms with Crippen LogP contribution in [0.2, 0.25) is 0 Å². The molecule has 8 nitrogen and oxygen atoms in total. The molecule has 124 valence electrons. The van der Waals surface area contributed by atoms with E-state index in [-0.39, 0.29) is 5.91 Å². The van der Waals surface area contributed by atoms with Crippen molar-refractivity contribution in [1.82, 2.24) is 15.3 Å². The summed E-state index contributed by atoms with van der Waals surface area (Å²) in [6, 6.07) is 8.19. The number of nitrogens with zero attached hydrogens (tertiary/aromatic N) is 4. The molecule has 1 amide bonds. The SMILES string of the molecule is O=C1NCN(Nc2ccc(N3CCOCC3)cc2)c2ncncc21. The molecular weight excluding hydrogens is 308 g/mol. The number of aromatic nitrogens is 2. The Balaban J connectivity index is 1.49. The van der Waals surface area contributed by atoms with Gasteiger partial charge >= 0.3 is 0 Å². The van der Waals surface area contributed by atoms with Crippen molar-refractivity contribution >= 4 is 23.1 Å². The molecule has 2 aliphatic rings. The molecule has 2 aromatic rings. The van der Waals surface area contributed by atoms with E-state index in [1.807, 2.05) is 12.1 Å². The minimum Gasteiger partial charge on any atom is -0.378 e. The van der Waals surface area contributed by atoms with Crippen LogP contribution < -0.4 is 20.7 Å². The summed E-state index contributed by atoms with van der Waals surface area (Å²) < 4.78 is 5.38. The van der Waals surface area contributed by atoms with Crippen molar-refractivity contribution in [2.24, 2.45) is 0 Å². The van der Waals surface area contributed by atoms with Gasteiger partial charge in [-0.2, -0.15) is 0 Å². The lowest BCUT2D eigenvalue weighted by Crippen LogP contribution is -2.47. The number of anilines is 3. The zero-order valence-electron chi connectivity index (χ0n) is 13.1. The van der Waals surface area contributed by atoms with Gasteiger partial charge in [0.05, 0.1) is 18.9 Å². The van der Waals surface area contributed by atoms with Gasteiger partial charge in [0.15, 0.2) is 5.82 Å². The molecular formula is C16H18N6O2. The summed E-state index contributed by atoms with van der Waals surface area (Å²) in [4.78, 5) is 22.3. The van der Waals surface area contributed by atoms with Crippen molar-refractivity contribution in [2.45, 2.75) is 0 Å². The lowest BCUT2D eigenvalue weighted by molar-refractivity contribution is 0.0947. The highest BCUT2D eigenvalue weighted by molar-refractivity contribution is 6.00. The Kier molecular flexibility index (Phi) is 3.87. The maximum atomic E-state index is 11.8. The van der Waals surface area contributed by atoms with Gasteiger partial charge in [0.2, 0.25) is 0 Å². The van der Waals surface area contributed by atoms with Crippen LogP contribution in [-0.4, -0.2) is 48.8 Å². The van der Waals surface area contributed by atoms with Crippen molar-refractivity contribution < 1.29 is 9.53 Å². The minimum absolute atomic E-state index is 0.161. The molecule has 0 atom stereocenters. The Morgan fingerprint density at radius 1 is 1.17 bits per heavy atom. The van der Waals surface area contributed by atoms with E-state index in [9.17, 15) is 4.79 Å². The summed E-state index contributed by atoms with van der Waals surface area (Å²) in [6.07, 6.45) is 2.96. The summed E-state index contributed by atoms with van der Waals surface area (Å²) in [5, 5.41) is 4.59. The van der Waals surface area contributed by atoms with E-state index in [1.165, 1.54) is 18.2 Å². The predicted molar refractivity (Wildman–Crippen MR) is 89.9 cm³/mol. The highest BCUT2D eigenvalue weighted by Crippen LogP contribution is 2.23. The molecule has 2 aliphatic heterocycles. The Bertz CT molecular complexity index is 730. The van der Waals surface area contributed by atoms with E-state index in [1.54, 1.807) is 5.01 Å². The Hall–Kier alpha value is -2.87. The number of morpholine rings is 1. The van der Waals surface area contributed by atoms with E-state index in [0.717, 1.165) is 32.0 Å². The van der Waals surface area contributed by atoms with Crippen LogP contribution in [0.1, 0.15) is 10.4 Å². The average molecular weight is 326 g/mol. The number of nitrogens with one attached hydrogen (secondary N) is 2. The molecule has 0 bridgehead atoms. The van der Waals surface area contributed by atoms with Crippen molar-refractivity contribution in [3.8, 4) is 0 Å². The zero-order valence-corrected chi connectivity index (χ0v) is 13.1. The number of hydrazine groups is 1. The van der Waals surface area contributed by atoms with E-state index in [2.05, 4.69) is 37.7 Å². The lowest BCUT2D eigenvalue weighted by atomic mass is 10.2. The van der Waals surface area contributed by atoms with Gasteiger partial charge in [-0.1, -0.05) is 0 Å². The van der Waals surface area contributed by atoms with Gasteiger partial charge in [-0.3, -0.25) is 10.2 Å². The number of rotatable bonds is 3. The van der Waals surface area contributed by atoms with Crippen LogP contribution in [0.5, 0.6) is 0 Å². The van der Waals surface area contributed by atoms with Crippen LogP contribution in [-0.2, 0) is 4.74 Å². The van der Waals surface area contributed by atoms with E-state index < -0.39 is 0 Å². The second kappa shape index (κ2) is 6.32. The normalized spacial score (nSPS) is 17.2. The third-order valence-corrected chi connectivity index (χ3v) is 4.10. The van der Waals surface area contributed by atoms with Crippen LogP contribution in [0.25, 0.3) is 0 Å². The van der Waals surface area contributed by atoms with Crippen LogP contribution in [0.3, 0.4) is 0 Å². The van der Waals surface area contributed by atoms with Crippen LogP contribution in [0.4, 0.5) is 17.2 Å². The fourth-order valence-corrected chi connectivity index (χ4v) is 2.84. The Morgan fingerprint density at radius 2 is 1.96 bits per heavy atom. The number of carbonyl (C=O) groups excluding carboxylic acids is 1. The quantitative estimate of drug-likeness (QED) is 0.865. The van der Waals surface area contributed by atoms with Crippen LogP contribution >= 0.6 is 0 Å². The number of fused-ring (bicyclic) bond motifs is 1. The standard InChI is InChI=1S/C16H18N6O2/c23-16-14-9-17-10-18-15(14)22(11-19-16)20-12-1-3-13(4-2-12)21-5-7-24-8-6-21/h1-4,9-10,20H,5-8,11H2,(H,19,23). The van der Waals surface area contributed by atoms with Gasteiger partial charge in [-0.05, 0) is 24.3 Å². The summed E-state index contributed by atoms with van der Waals surface area (Å²) in [6.45, 7) is 3.70. The third kappa shape index (κ3) is 2.83.